The van der Waals surface area contributed by atoms with Crippen LogP contribution in [0.3, 0.4) is 0 Å². The number of carboxylic acid groups (broad SMARTS) is 1. The molecule has 3 nitrogen and oxygen atoms in total. The molecule has 90 valence electrons. The van der Waals surface area contributed by atoms with Crippen LogP contribution in [0.2, 0.25) is 0 Å². The second-order valence-corrected chi connectivity index (χ2v) is 3.11. The predicted molar refractivity (Wildman–Crippen MR) is 54.3 cm³/mol. The van der Waals surface area contributed by atoms with E-state index in [4.69, 9.17) is 10.8 Å². The Labute approximate surface area is 95.0 Å². The minimum atomic E-state index is -4.61. The van der Waals surface area contributed by atoms with Crippen molar-refractivity contribution in [1.82, 2.24) is 0 Å². The zero-order valence-corrected chi connectivity index (χ0v) is 8.51. The fourth-order valence-electron chi connectivity index (χ4n) is 1.14. The second-order valence-electron chi connectivity index (χ2n) is 3.11. The SMILES string of the molecule is NCC#Cc1cc(C(=O)O)cc(C(F)(F)F)c1. The van der Waals surface area contributed by atoms with Crippen molar-refractivity contribution in [2.75, 3.05) is 6.54 Å². The molecular weight excluding hydrogens is 235 g/mol. The molecule has 1 rings (SSSR count). The number of halogens is 3. The van der Waals surface area contributed by atoms with Crippen molar-refractivity contribution in [1.29, 1.82) is 0 Å². The summed E-state index contributed by atoms with van der Waals surface area (Å²) in [6, 6.07) is 2.42. The second kappa shape index (κ2) is 4.89. The number of carbonyl (C=O) groups is 1. The van der Waals surface area contributed by atoms with E-state index in [1.807, 2.05) is 0 Å². The lowest BCUT2D eigenvalue weighted by Crippen LogP contribution is -2.08. The maximum Gasteiger partial charge on any atom is 0.416 e. The molecule has 0 aliphatic carbocycles. The molecule has 0 fully saturated rings. The molecule has 0 bridgehead atoms. The van der Waals surface area contributed by atoms with E-state index in [1.165, 1.54) is 0 Å². The van der Waals surface area contributed by atoms with Gasteiger partial charge in [-0.3, -0.25) is 0 Å². The van der Waals surface area contributed by atoms with E-state index in [2.05, 4.69) is 11.8 Å². The highest BCUT2D eigenvalue weighted by Crippen LogP contribution is 2.30. The van der Waals surface area contributed by atoms with Crippen LogP contribution in [0.15, 0.2) is 18.2 Å². The molecule has 0 radical (unpaired) electrons. The number of benzene rings is 1. The van der Waals surface area contributed by atoms with Crippen molar-refractivity contribution >= 4 is 5.97 Å². The van der Waals surface area contributed by atoms with Gasteiger partial charge in [-0.1, -0.05) is 11.8 Å². The molecule has 0 aliphatic rings. The van der Waals surface area contributed by atoms with Crippen molar-refractivity contribution in [2.45, 2.75) is 6.18 Å². The molecule has 0 saturated carbocycles. The van der Waals surface area contributed by atoms with Crippen LogP contribution in [0.25, 0.3) is 0 Å². The van der Waals surface area contributed by atoms with Gasteiger partial charge in [-0.05, 0) is 18.2 Å². The Morgan fingerprint density at radius 2 is 2.00 bits per heavy atom. The highest BCUT2D eigenvalue weighted by atomic mass is 19.4. The van der Waals surface area contributed by atoms with Gasteiger partial charge >= 0.3 is 12.1 Å². The fourth-order valence-corrected chi connectivity index (χ4v) is 1.14. The van der Waals surface area contributed by atoms with Gasteiger partial charge in [-0.15, -0.1) is 0 Å². The summed E-state index contributed by atoms with van der Waals surface area (Å²) in [5.41, 5.74) is 3.56. The van der Waals surface area contributed by atoms with E-state index >= 15 is 0 Å². The number of hydrogen-bond donors (Lipinski definition) is 2. The summed E-state index contributed by atoms with van der Waals surface area (Å²) in [6.07, 6.45) is -4.61. The van der Waals surface area contributed by atoms with Crippen LogP contribution >= 0.6 is 0 Å². The monoisotopic (exact) mass is 243 g/mol. The molecule has 0 saturated heterocycles. The molecule has 0 amide bonds. The van der Waals surface area contributed by atoms with E-state index < -0.39 is 23.3 Å². The van der Waals surface area contributed by atoms with Crippen LogP contribution in [-0.2, 0) is 6.18 Å². The van der Waals surface area contributed by atoms with E-state index in [9.17, 15) is 18.0 Å². The van der Waals surface area contributed by atoms with Gasteiger partial charge in [0, 0.05) is 5.56 Å². The highest BCUT2D eigenvalue weighted by molar-refractivity contribution is 5.88. The molecule has 3 N–H and O–H groups in total. The summed E-state index contributed by atoms with van der Waals surface area (Å²) in [5, 5.41) is 8.68. The quantitative estimate of drug-likeness (QED) is 0.738. The number of hydrogen-bond acceptors (Lipinski definition) is 2. The standard InChI is InChI=1S/C11H8F3NO2/c12-11(13,14)9-5-7(2-1-3-15)4-8(6-9)10(16)17/h4-6H,3,15H2,(H,16,17). The summed E-state index contributed by atoms with van der Waals surface area (Å²) >= 11 is 0. The largest absolute Gasteiger partial charge is 0.478 e. The first-order valence-corrected chi connectivity index (χ1v) is 4.49. The number of aromatic carboxylic acids is 1. The Bertz CT molecular complexity index is 498. The summed E-state index contributed by atoms with van der Waals surface area (Å²) < 4.78 is 37.4. The molecule has 0 heterocycles. The van der Waals surface area contributed by atoms with Crippen LogP contribution in [0.1, 0.15) is 21.5 Å². The summed E-state index contributed by atoms with van der Waals surface area (Å²) in [7, 11) is 0. The van der Waals surface area contributed by atoms with E-state index in [-0.39, 0.29) is 12.1 Å². The highest BCUT2D eigenvalue weighted by Gasteiger charge is 2.31. The van der Waals surface area contributed by atoms with E-state index in [0.717, 1.165) is 12.1 Å². The Hall–Kier alpha value is -2.00. The minimum absolute atomic E-state index is 0.0152. The maximum atomic E-state index is 12.5. The number of rotatable bonds is 1. The van der Waals surface area contributed by atoms with Gasteiger partial charge in [-0.25, -0.2) is 4.79 Å². The van der Waals surface area contributed by atoms with Crippen molar-refractivity contribution in [3.8, 4) is 11.8 Å². The molecular formula is C11H8F3NO2. The minimum Gasteiger partial charge on any atom is -0.478 e. The smallest absolute Gasteiger partial charge is 0.416 e. The molecule has 1 aromatic rings. The fraction of sp³-hybridized carbons (Fsp3) is 0.182. The predicted octanol–water partition coefficient (Wildman–Crippen LogP) is 1.71. The topological polar surface area (TPSA) is 63.3 Å². The average Bonchev–Trinajstić information content (AvgIpc) is 2.24. The van der Waals surface area contributed by atoms with Gasteiger partial charge in [0.25, 0.3) is 0 Å². The summed E-state index contributed by atoms with van der Waals surface area (Å²) in [6.45, 7) is -0.0152. The van der Waals surface area contributed by atoms with Gasteiger partial charge in [0.05, 0.1) is 17.7 Å². The first-order valence-electron chi connectivity index (χ1n) is 4.49. The third-order valence-corrected chi connectivity index (χ3v) is 1.84. The first kappa shape index (κ1) is 13.1. The lowest BCUT2D eigenvalue weighted by molar-refractivity contribution is -0.137. The Balaban J connectivity index is 3.34. The van der Waals surface area contributed by atoms with Crippen LogP contribution in [0, 0.1) is 11.8 Å². The van der Waals surface area contributed by atoms with Crippen LogP contribution in [-0.4, -0.2) is 17.6 Å². The van der Waals surface area contributed by atoms with Crippen molar-refractivity contribution in [2.24, 2.45) is 5.73 Å². The number of alkyl halides is 3. The van der Waals surface area contributed by atoms with Gasteiger partial charge in [-0.2, -0.15) is 13.2 Å². The van der Waals surface area contributed by atoms with Crippen molar-refractivity contribution in [3.63, 3.8) is 0 Å². The molecule has 0 unspecified atom stereocenters. The summed E-state index contributed by atoms with van der Waals surface area (Å²) in [5.74, 6) is 3.30. The molecule has 0 atom stereocenters. The van der Waals surface area contributed by atoms with Gasteiger partial charge in [0.15, 0.2) is 0 Å². The molecule has 17 heavy (non-hydrogen) atoms. The van der Waals surface area contributed by atoms with E-state index in [1.54, 1.807) is 0 Å². The van der Waals surface area contributed by atoms with Crippen LogP contribution in [0.5, 0.6) is 0 Å². The molecule has 0 aliphatic heterocycles. The zero-order valence-electron chi connectivity index (χ0n) is 8.51. The van der Waals surface area contributed by atoms with Crippen LogP contribution < -0.4 is 5.73 Å². The van der Waals surface area contributed by atoms with Crippen molar-refractivity contribution < 1.29 is 23.1 Å². The van der Waals surface area contributed by atoms with E-state index in [0.29, 0.717) is 6.07 Å². The van der Waals surface area contributed by atoms with Gasteiger partial charge in [0.1, 0.15) is 0 Å². The molecule has 0 aromatic heterocycles. The zero-order chi connectivity index (χ0) is 13.1. The van der Waals surface area contributed by atoms with Crippen molar-refractivity contribution in [3.05, 3.63) is 34.9 Å². The van der Waals surface area contributed by atoms with Gasteiger partial charge in [0.2, 0.25) is 0 Å². The maximum absolute atomic E-state index is 12.5. The van der Waals surface area contributed by atoms with Crippen LogP contribution in [0.4, 0.5) is 13.2 Å². The Kier molecular flexibility index (Phi) is 3.76. The Morgan fingerprint density at radius 3 is 2.47 bits per heavy atom. The normalized spacial score (nSPS) is 10.6. The Morgan fingerprint density at radius 1 is 1.35 bits per heavy atom. The molecule has 0 spiro atoms. The lowest BCUT2D eigenvalue weighted by atomic mass is 10.1. The summed E-state index contributed by atoms with van der Waals surface area (Å²) in [4.78, 5) is 10.7. The lowest BCUT2D eigenvalue weighted by Gasteiger charge is -2.08. The number of carboxylic acids is 1. The molecule has 1 aromatic carbocycles. The average molecular weight is 243 g/mol. The number of nitrogens with two attached hydrogens (primary N) is 1. The first-order chi connectivity index (χ1) is 7.84. The van der Waals surface area contributed by atoms with Gasteiger partial charge < -0.3 is 10.8 Å². The third kappa shape index (κ3) is 3.50. The third-order valence-electron chi connectivity index (χ3n) is 1.84. The molecule has 6 heteroatoms.